The van der Waals surface area contributed by atoms with Crippen molar-refractivity contribution in [2.75, 3.05) is 4.90 Å². The zero-order valence-electron chi connectivity index (χ0n) is 24.6. The summed E-state index contributed by atoms with van der Waals surface area (Å²) in [6.07, 6.45) is 2.19. The molecule has 9 aromatic rings. The molecule has 0 unspecified atom stereocenters. The van der Waals surface area contributed by atoms with Gasteiger partial charge in [-0.05, 0) is 95.7 Å². The van der Waals surface area contributed by atoms with E-state index in [0.29, 0.717) is 0 Å². The smallest absolute Gasteiger partial charge is 0.0635 e. The monoisotopic (exact) mass is 575 g/mol. The van der Waals surface area contributed by atoms with Crippen molar-refractivity contribution in [2.45, 2.75) is 0 Å². The number of nitrogens with zero attached hydrogens (tertiary/aromatic N) is 3. The Morgan fingerprint density at radius 1 is 0.378 bits per heavy atom. The van der Waals surface area contributed by atoms with Gasteiger partial charge in [0, 0.05) is 50.8 Å². The topological polar surface area (TPSA) is 13.1 Å². The van der Waals surface area contributed by atoms with Gasteiger partial charge in [-0.2, -0.15) is 0 Å². The van der Waals surface area contributed by atoms with Gasteiger partial charge in [-0.25, -0.2) is 0 Å². The Kier molecular flexibility index (Phi) is 5.82. The highest BCUT2D eigenvalue weighted by atomic mass is 15.1. The van der Waals surface area contributed by atoms with Crippen LogP contribution in [0.1, 0.15) is 0 Å². The number of fused-ring (bicyclic) bond motifs is 6. The van der Waals surface area contributed by atoms with Gasteiger partial charge in [-0.1, -0.05) is 84.9 Å². The molecule has 0 amide bonds. The van der Waals surface area contributed by atoms with E-state index in [4.69, 9.17) is 0 Å². The predicted octanol–water partition coefficient (Wildman–Crippen LogP) is 11.4. The molecule has 0 aliphatic carbocycles. The number of hydrogen-bond donors (Lipinski definition) is 0. The maximum absolute atomic E-state index is 2.45. The molecular formula is C42H29N3. The van der Waals surface area contributed by atoms with Gasteiger partial charge >= 0.3 is 0 Å². The van der Waals surface area contributed by atoms with Crippen LogP contribution in [0.2, 0.25) is 0 Å². The fourth-order valence-electron chi connectivity index (χ4n) is 6.84. The summed E-state index contributed by atoms with van der Waals surface area (Å²) in [5.41, 5.74) is 9.29. The average molecular weight is 576 g/mol. The summed E-state index contributed by atoms with van der Waals surface area (Å²) in [6.45, 7) is 0. The highest BCUT2D eigenvalue weighted by Gasteiger charge is 2.19. The van der Waals surface area contributed by atoms with Gasteiger partial charge in [-0.3, -0.25) is 0 Å². The van der Waals surface area contributed by atoms with Crippen LogP contribution >= 0.6 is 0 Å². The second kappa shape index (κ2) is 10.3. The zero-order chi connectivity index (χ0) is 29.7. The third kappa shape index (κ3) is 4.13. The first-order valence-electron chi connectivity index (χ1n) is 15.4. The summed E-state index contributed by atoms with van der Waals surface area (Å²) >= 11 is 0. The Morgan fingerprint density at radius 2 is 0.956 bits per heavy atom. The van der Waals surface area contributed by atoms with Gasteiger partial charge in [0.05, 0.1) is 16.6 Å². The van der Waals surface area contributed by atoms with Crippen LogP contribution in [0.15, 0.2) is 176 Å². The van der Waals surface area contributed by atoms with E-state index in [0.717, 1.165) is 28.4 Å². The van der Waals surface area contributed by atoms with Gasteiger partial charge in [-0.15, -0.1) is 0 Å². The van der Waals surface area contributed by atoms with E-state index in [2.05, 4.69) is 190 Å². The number of anilines is 3. The molecule has 0 aliphatic heterocycles. The standard InChI is InChI=1S/C42H29N3/c1-4-14-32(15-5-1)43-27-26-38-40(43)25-24-37-39-28-30-12-10-11-13-31(30)29-41(39)45(42(37)38)36-22-20-35(21-23-36)44(33-16-6-2-7-17-33)34-18-8-3-9-19-34/h1-29H. The molecule has 0 bridgehead atoms. The van der Waals surface area contributed by atoms with Crippen molar-refractivity contribution >= 4 is 60.5 Å². The molecule has 0 saturated carbocycles. The van der Waals surface area contributed by atoms with Crippen LogP contribution in [0.4, 0.5) is 17.1 Å². The minimum atomic E-state index is 1.11. The largest absolute Gasteiger partial charge is 0.316 e. The summed E-state index contributed by atoms with van der Waals surface area (Å²) in [7, 11) is 0. The molecule has 0 atom stereocenters. The van der Waals surface area contributed by atoms with Gasteiger partial charge in [0.1, 0.15) is 0 Å². The first-order valence-corrected chi connectivity index (χ1v) is 15.4. The fourth-order valence-corrected chi connectivity index (χ4v) is 6.84. The number of hydrogen-bond acceptors (Lipinski definition) is 1. The van der Waals surface area contributed by atoms with Crippen LogP contribution in [0.3, 0.4) is 0 Å². The van der Waals surface area contributed by atoms with Crippen molar-refractivity contribution in [1.29, 1.82) is 0 Å². The lowest BCUT2D eigenvalue weighted by Crippen LogP contribution is -2.09. The lowest BCUT2D eigenvalue weighted by atomic mass is 10.1. The molecule has 0 saturated heterocycles. The van der Waals surface area contributed by atoms with Crippen LogP contribution in [-0.4, -0.2) is 9.13 Å². The third-order valence-electron chi connectivity index (χ3n) is 8.89. The van der Waals surface area contributed by atoms with Crippen molar-refractivity contribution in [1.82, 2.24) is 9.13 Å². The molecule has 3 nitrogen and oxygen atoms in total. The summed E-state index contributed by atoms with van der Waals surface area (Å²) in [5.74, 6) is 0. The molecule has 2 aromatic heterocycles. The lowest BCUT2D eigenvalue weighted by Gasteiger charge is -2.25. The maximum Gasteiger partial charge on any atom is 0.0635 e. The molecule has 0 spiro atoms. The minimum Gasteiger partial charge on any atom is -0.316 e. The lowest BCUT2D eigenvalue weighted by molar-refractivity contribution is 1.13. The van der Waals surface area contributed by atoms with E-state index in [-0.39, 0.29) is 0 Å². The van der Waals surface area contributed by atoms with Gasteiger partial charge in [0.25, 0.3) is 0 Å². The van der Waals surface area contributed by atoms with Crippen LogP contribution in [-0.2, 0) is 0 Å². The summed E-state index contributed by atoms with van der Waals surface area (Å²) < 4.78 is 4.74. The summed E-state index contributed by atoms with van der Waals surface area (Å²) in [4.78, 5) is 2.31. The first-order chi connectivity index (χ1) is 22.3. The Balaban J connectivity index is 1.29. The van der Waals surface area contributed by atoms with Crippen molar-refractivity contribution < 1.29 is 0 Å². The third-order valence-corrected chi connectivity index (χ3v) is 8.89. The van der Waals surface area contributed by atoms with E-state index < -0.39 is 0 Å². The van der Waals surface area contributed by atoms with Gasteiger partial charge in [0.2, 0.25) is 0 Å². The minimum absolute atomic E-state index is 1.11. The molecule has 212 valence electrons. The number of benzene rings is 7. The van der Waals surface area contributed by atoms with Crippen molar-refractivity contribution in [3.05, 3.63) is 176 Å². The predicted molar refractivity (Wildman–Crippen MR) is 190 cm³/mol. The summed E-state index contributed by atoms with van der Waals surface area (Å²) in [6, 6.07) is 60.9. The van der Waals surface area contributed by atoms with Crippen molar-refractivity contribution in [3.63, 3.8) is 0 Å². The van der Waals surface area contributed by atoms with E-state index in [1.165, 1.54) is 43.5 Å². The number of para-hydroxylation sites is 3. The van der Waals surface area contributed by atoms with Crippen LogP contribution < -0.4 is 4.90 Å². The fraction of sp³-hybridized carbons (Fsp3) is 0. The van der Waals surface area contributed by atoms with Crippen LogP contribution in [0, 0.1) is 0 Å². The molecule has 0 aliphatic rings. The number of aromatic nitrogens is 2. The van der Waals surface area contributed by atoms with Crippen LogP contribution in [0.5, 0.6) is 0 Å². The SMILES string of the molecule is c1ccc(N(c2ccccc2)c2ccc(-n3c4cc5ccccc5cc4c4ccc5c(ccn5-c5ccccc5)c43)cc2)cc1. The average Bonchev–Trinajstić information content (AvgIpc) is 3.68. The summed E-state index contributed by atoms with van der Waals surface area (Å²) in [5, 5.41) is 6.24. The van der Waals surface area contributed by atoms with Crippen LogP contribution in [0.25, 0.3) is 54.9 Å². The highest BCUT2D eigenvalue weighted by Crippen LogP contribution is 2.40. The van der Waals surface area contributed by atoms with Gasteiger partial charge in [0.15, 0.2) is 0 Å². The quantitative estimate of drug-likeness (QED) is 0.199. The molecule has 9 rings (SSSR count). The Morgan fingerprint density at radius 3 is 1.62 bits per heavy atom. The molecule has 3 heteroatoms. The first kappa shape index (κ1) is 25.4. The Labute approximate surface area is 261 Å². The Hall–Kier alpha value is -6.06. The highest BCUT2D eigenvalue weighted by molar-refractivity contribution is 6.20. The molecule has 0 N–H and O–H groups in total. The van der Waals surface area contributed by atoms with Gasteiger partial charge < -0.3 is 14.0 Å². The second-order valence-electron chi connectivity index (χ2n) is 11.5. The normalized spacial score (nSPS) is 11.6. The Bertz CT molecular complexity index is 2420. The van der Waals surface area contributed by atoms with Crippen molar-refractivity contribution in [3.8, 4) is 11.4 Å². The molecule has 7 aromatic carbocycles. The molecule has 2 heterocycles. The second-order valence-corrected chi connectivity index (χ2v) is 11.5. The molecular weight excluding hydrogens is 546 g/mol. The van der Waals surface area contributed by atoms with E-state index in [9.17, 15) is 0 Å². The van der Waals surface area contributed by atoms with E-state index >= 15 is 0 Å². The molecule has 0 radical (unpaired) electrons. The molecule has 45 heavy (non-hydrogen) atoms. The maximum atomic E-state index is 2.45. The van der Waals surface area contributed by atoms with E-state index in [1.807, 2.05) is 0 Å². The zero-order valence-corrected chi connectivity index (χ0v) is 24.6. The molecule has 0 fully saturated rings. The van der Waals surface area contributed by atoms with E-state index in [1.54, 1.807) is 0 Å². The van der Waals surface area contributed by atoms with Crippen molar-refractivity contribution in [2.24, 2.45) is 0 Å². The number of rotatable bonds is 5.